The van der Waals surface area contributed by atoms with Crippen LogP contribution >= 0.6 is 15.9 Å². The van der Waals surface area contributed by atoms with E-state index in [9.17, 15) is 13.6 Å². The van der Waals surface area contributed by atoms with Crippen LogP contribution in [0.25, 0.3) is 0 Å². The second-order valence-corrected chi connectivity index (χ2v) is 6.70. The summed E-state index contributed by atoms with van der Waals surface area (Å²) in [4.78, 5) is 16.2. The van der Waals surface area contributed by atoms with Gasteiger partial charge in [-0.3, -0.25) is 9.69 Å². The number of benzene rings is 1. The Labute approximate surface area is 131 Å². The van der Waals surface area contributed by atoms with Gasteiger partial charge >= 0.3 is 0 Å². The fourth-order valence-corrected chi connectivity index (χ4v) is 3.11. The summed E-state index contributed by atoms with van der Waals surface area (Å²) in [6, 6.07) is 2.25. The number of carbonyl (C=O) groups excluding carboxylic acids is 1. The molecule has 1 aliphatic carbocycles. The lowest BCUT2D eigenvalue weighted by Gasteiger charge is -2.34. The first-order valence-corrected chi connectivity index (χ1v) is 8.00. The predicted molar refractivity (Wildman–Crippen MR) is 79.1 cm³/mol. The molecular formula is C15H17BrF2N2O. The van der Waals surface area contributed by atoms with Gasteiger partial charge in [-0.15, -0.1) is 0 Å². The topological polar surface area (TPSA) is 23.6 Å². The summed E-state index contributed by atoms with van der Waals surface area (Å²) in [5.41, 5.74) is -0.450. The lowest BCUT2D eigenvalue weighted by molar-refractivity contribution is 0.0622. The maximum absolute atomic E-state index is 13.8. The van der Waals surface area contributed by atoms with Gasteiger partial charge in [-0.2, -0.15) is 0 Å². The van der Waals surface area contributed by atoms with Crippen LogP contribution < -0.4 is 0 Å². The predicted octanol–water partition coefficient (Wildman–Crippen LogP) is 2.90. The maximum atomic E-state index is 13.8. The van der Waals surface area contributed by atoms with Crippen LogP contribution in [0.15, 0.2) is 16.6 Å². The first-order valence-electron chi connectivity index (χ1n) is 7.21. The molecule has 0 N–H and O–H groups in total. The third-order valence-corrected chi connectivity index (χ3v) is 4.55. The molecule has 0 bridgehead atoms. The summed E-state index contributed by atoms with van der Waals surface area (Å²) in [6.45, 7) is 3.70. The molecule has 0 atom stereocenters. The standard InChI is InChI=1S/C15H17BrF2N2O/c16-11-7-12(17)14(13(18)8-11)15(21)20-5-3-19(4-6-20)9-10-1-2-10/h7-8,10H,1-6,9H2. The highest BCUT2D eigenvalue weighted by Gasteiger charge is 2.29. The SMILES string of the molecule is O=C(c1c(F)cc(Br)cc1F)N1CCN(CC2CC2)CC1. The number of nitrogens with zero attached hydrogens (tertiary/aromatic N) is 2. The van der Waals surface area contributed by atoms with Crippen molar-refractivity contribution in [3.05, 3.63) is 33.8 Å². The molecule has 2 aliphatic rings. The molecule has 1 saturated carbocycles. The van der Waals surface area contributed by atoms with Crippen molar-refractivity contribution in [3.63, 3.8) is 0 Å². The lowest BCUT2D eigenvalue weighted by Crippen LogP contribution is -2.49. The van der Waals surface area contributed by atoms with Crippen LogP contribution in [0.3, 0.4) is 0 Å². The smallest absolute Gasteiger partial charge is 0.259 e. The minimum Gasteiger partial charge on any atom is -0.336 e. The number of piperazine rings is 1. The summed E-state index contributed by atoms with van der Waals surface area (Å²) in [7, 11) is 0. The molecule has 1 heterocycles. The highest BCUT2D eigenvalue weighted by atomic mass is 79.9. The molecule has 1 amide bonds. The number of carbonyl (C=O) groups is 1. The molecule has 6 heteroatoms. The van der Waals surface area contributed by atoms with Gasteiger partial charge in [-0.1, -0.05) is 15.9 Å². The number of hydrogen-bond acceptors (Lipinski definition) is 2. The zero-order valence-corrected chi connectivity index (χ0v) is 13.2. The summed E-state index contributed by atoms with van der Waals surface area (Å²) < 4.78 is 28.0. The average molecular weight is 359 g/mol. The first-order chi connectivity index (χ1) is 10.0. The van der Waals surface area contributed by atoms with Crippen molar-refractivity contribution < 1.29 is 13.6 Å². The van der Waals surface area contributed by atoms with E-state index in [1.165, 1.54) is 12.8 Å². The Morgan fingerprint density at radius 3 is 2.24 bits per heavy atom. The van der Waals surface area contributed by atoms with Crippen LogP contribution in [0.2, 0.25) is 0 Å². The van der Waals surface area contributed by atoms with E-state index in [2.05, 4.69) is 20.8 Å². The van der Waals surface area contributed by atoms with E-state index in [1.54, 1.807) is 4.90 Å². The van der Waals surface area contributed by atoms with E-state index in [0.29, 0.717) is 17.6 Å². The number of hydrogen-bond donors (Lipinski definition) is 0. The quantitative estimate of drug-likeness (QED) is 0.829. The molecule has 2 fully saturated rings. The maximum Gasteiger partial charge on any atom is 0.259 e. The summed E-state index contributed by atoms with van der Waals surface area (Å²) >= 11 is 3.02. The van der Waals surface area contributed by atoms with E-state index >= 15 is 0 Å². The molecule has 114 valence electrons. The van der Waals surface area contributed by atoms with Gasteiger partial charge in [0.05, 0.1) is 0 Å². The molecular weight excluding hydrogens is 342 g/mol. The minimum absolute atomic E-state index is 0.295. The number of halogens is 3. The van der Waals surface area contributed by atoms with Gasteiger partial charge in [0, 0.05) is 37.2 Å². The van der Waals surface area contributed by atoms with Crippen molar-refractivity contribution in [2.45, 2.75) is 12.8 Å². The van der Waals surface area contributed by atoms with Gasteiger partial charge in [0.15, 0.2) is 0 Å². The van der Waals surface area contributed by atoms with Crippen LogP contribution in [0.5, 0.6) is 0 Å². The molecule has 3 nitrogen and oxygen atoms in total. The average Bonchev–Trinajstić information content (AvgIpc) is 3.22. The monoisotopic (exact) mass is 358 g/mol. The van der Waals surface area contributed by atoms with Crippen molar-refractivity contribution in [1.29, 1.82) is 0 Å². The van der Waals surface area contributed by atoms with Crippen LogP contribution in [0.4, 0.5) is 8.78 Å². The molecule has 1 saturated heterocycles. The number of rotatable bonds is 3. The molecule has 0 aromatic heterocycles. The molecule has 0 spiro atoms. The molecule has 1 aliphatic heterocycles. The Morgan fingerprint density at radius 1 is 1.14 bits per heavy atom. The van der Waals surface area contributed by atoms with Crippen molar-refractivity contribution >= 4 is 21.8 Å². The Kier molecular flexibility index (Phi) is 4.26. The van der Waals surface area contributed by atoms with E-state index in [0.717, 1.165) is 37.7 Å². The van der Waals surface area contributed by atoms with E-state index in [4.69, 9.17) is 0 Å². The normalized spacial score (nSPS) is 19.9. The van der Waals surface area contributed by atoms with Crippen LogP contribution in [-0.2, 0) is 0 Å². The molecule has 0 unspecified atom stereocenters. The van der Waals surface area contributed by atoms with E-state index in [-0.39, 0.29) is 0 Å². The fraction of sp³-hybridized carbons (Fsp3) is 0.533. The van der Waals surface area contributed by atoms with Crippen molar-refractivity contribution in [2.24, 2.45) is 5.92 Å². The number of amides is 1. The zero-order valence-electron chi connectivity index (χ0n) is 11.6. The van der Waals surface area contributed by atoms with Crippen LogP contribution in [-0.4, -0.2) is 48.4 Å². The molecule has 0 radical (unpaired) electrons. The van der Waals surface area contributed by atoms with Gasteiger partial charge < -0.3 is 4.90 Å². The van der Waals surface area contributed by atoms with E-state index in [1.807, 2.05) is 0 Å². The van der Waals surface area contributed by atoms with Gasteiger partial charge in [0.2, 0.25) is 0 Å². The Balaban J connectivity index is 1.66. The molecule has 1 aromatic carbocycles. The minimum atomic E-state index is -0.813. The summed E-state index contributed by atoms with van der Waals surface area (Å²) in [5, 5.41) is 0. The Bertz CT molecular complexity index is 532. The fourth-order valence-electron chi connectivity index (χ4n) is 2.70. The highest BCUT2D eigenvalue weighted by Crippen LogP contribution is 2.30. The lowest BCUT2D eigenvalue weighted by atomic mass is 10.1. The third kappa shape index (κ3) is 3.43. The Hall–Kier alpha value is -1.01. The van der Waals surface area contributed by atoms with Crippen molar-refractivity contribution in [2.75, 3.05) is 32.7 Å². The van der Waals surface area contributed by atoms with Gasteiger partial charge in [0.25, 0.3) is 5.91 Å². The summed E-state index contributed by atoms with van der Waals surface area (Å²) in [5.74, 6) is -1.36. The summed E-state index contributed by atoms with van der Waals surface area (Å²) in [6.07, 6.45) is 2.60. The van der Waals surface area contributed by atoms with Gasteiger partial charge in [0.1, 0.15) is 17.2 Å². The third-order valence-electron chi connectivity index (χ3n) is 4.09. The van der Waals surface area contributed by atoms with Crippen LogP contribution in [0, 0.1) is 17.6 Å². The second kappa shape index (κ2) is 6.01. The van der Waals surface area contributed by atoms with Gasteiger partial charge in [-0.25, -0.2) is 8.78 Å². The van der Waals surface area contributed by atoms with Crippen LogP contribution in [0.1, 0.15) is 23.2 Å². The zero-order chi connectivity index (χ0) is 15.0. The second-order valence-electron chi connectivity index (χ2n) is 5.78. The Morgan fingerprint density at radius 2 is 1.71 bits per heavy atom. The first kappa shape index (κ1) is 14.9. The van der Waals surface area contributed by atoms with Crippen molar-refractivity contribution in [1.82, 2.24) is 9.80 Å². The van der Waals surface area contributed by atoms with Crippen molar-refractivity contribution in [3.8, 4) is 0 Å². The van der Waals surface area contributed by atoms with Gasteiger partial charge in [-0.05, 0) is 30.9 Å². The van der Waals surface area contributed by atoms with E-state index < -0.39 is 23.1 Å². The molecule has 1 aromatic rings. The highest BCUT2D eigenvalue weighted by molar-refractivity contribution is 9.10. The molecule has 21 heavy (non-hydrogen) atoms. The molecule has 3 rings (SSSR count). The largest absolute Gasteiger partial charge is 0.336 e.